The Bertz CT molecular complexity index is 369. The highest BCUT2D eigenvalue weighted by atomic mass is 15.1. The highest BCUT2D eigenvalue weighted by molar-refractivity contribution is 5.35. The molecular formula is C9H11N5. The molecule has 0 radical (unpaired) electrons. The molecule has 14 heavy (non-hydrogen) atoms. The number of nitrogens with one attached hydrogen (secondary N) is 2. The molecule has 0 spiro atoms. The molecule has 0 aliphatic heterocycles. The van der Waals surface area contributed by atoms with E-state index in [0.717, 1.165) is 11.4 Å². The average molecular weight is 189 g/mol. The van der Waals surface area contributed by atoms with Crippen molar-refractivity contribution in [1.82, 2.24) is 20.2 Å². The lowest BCUT2D eigenvalue weighted by Gasteiger charge is -2.11. The van der Waals surface area contributed by atoms with Gasteiger partial charge in [0.15, 0.2) is 0 Å². The molecule has 2 aromatic rings. The minimum Gasteiger partial charge on any atom is -0.363 e. The van der Waals surface area contributed by atoms with E-state index in [0.29, 0.717) is 0 Å². The van der Waals surface area contributed by atoms with Gasteiger partial charge in [0.05, 0.1) is 12.2 Å². The highest BCUT2D eigenvalue weighted by Crippen LogP contribution is 2.14. The van der Waals surface area contributed by atoms with Gasteiger partial charge in [-0.15, -0.1) is 0 Å². The summed E-state index contributed by atoms with van der Waals surface area (Å²) in [6.45, 7) is 2.05. The van der Waals surface area contributed by atoms with E-state index in [1.165, 1.54) is 6.33 Å². The lowest BCUT2D eigenvalue weighted by molar-refractivity contribution is 0.873. The second kappa shape index (κ2) is 3.87. The van der Waals surface area contributed by atoms with Gasteiger partial charge in [0, 0.05) is 18.0 Å². The molecule has 5 nitrogen and oxygen atoms in total. The number of hydrogen-bond acceptors (Lipinski definition) is 4. The van der Waals surface area contributed by atoms with Crippen molar-refractivity contribution in [2.45, 2.75) is 13.0 Å². The van der Waals surface area contributed by atoms with Crippen molar-refractivity contribution < 1.29 is 0 Å². The van der Waals surface area contributed by atoms with Gasteiger partial charge >= 0.3 is 0 Å². The molecule has 0 aromatic carbocycles. The predicted octanol–water partition coefficient (Wildman–Crippen LogP) is 1.37. The molecule has 0 amide bonds. The van der Waals surface area contributed by atoms with Crippen LogP contribution >= 0.6 is 0 Å². The molecule has 2 N–H and O–H groups in total. The van der Waals surface area contributed by atoms with Crippen molar-refractivity contribution in [2.24, 2.45) is 0 Å². The zero-order valence-corrected chi connectivity index (χ0v) is 7.81. The fourth-order valence-corrected chi connectivity index (χ4v) is 1.18. The Morgan fingerprint density at radius 3 is 3.07 bits per heavy atom. The first-order chi connectivity index (χ1) is 6.86. The lowest BCUT2D eigenvalue weighted by atomic mass is 10.2. The van der Waals surface area contributed by atoms with Crippen molar-refractivity contribution in [3.63, 3.8) is 0 Å². The smallest absolute Gasteiger partial charge is 0.129 e. The number of rotatable bonds is 3. The summed E-state index contributed by atoms with van der Waals surface area (Å²) in [6.07, 6.45) is 6.87. The minimum atomic E-state index is 0.184. The van der Waals surface area contributed by atoms with Crippen LogP contribution in [0.1, 0.15) is 18.5 Å². The largest absolute Gasteiger partial charge is 0.363 e. The fraction of sp³-hybridized carbons (Fsp3) is 0.222. The normalized spacial score (nSPS) is 12.4. The van der Waals surface area contributed by atoms with E-state index in [9.17, 15) is 0 Å². The van der Waals surface area contributed by atoms with Crippen LogP contribution in [0.4, 0.5) is 5.82 Å². The maximum Gasteiger partial charge on any atom is 0.129 e. The Morgan fingerprint density at radius 1 is 1.50 bits per heavy atom. The van der Waals surface area contributed by atoms with Crippen LogP contribution in [0.3, 0.4) is 0 Å². The highest BCUT2D eigenvalue weighted by Gasteiger charge is 2.05. The van der Waals surface area contributed by atoms with E-state index in [2.05, 4.69) is 25.5 Å². The minimum absolute atomic E-state index is 0.184. The molecule has 0 bridgehead atoms. The number of nitrogens with zero attached hydrogens (tertiary/aromatic N) is 3. The molecule has 0 aliphatic carbocycles. The van der Waals surface area contributed by atoms with Crippen molar-refractivity contribution in [3.8, 4) is 0 Å². The summed E-state index contributed by atoms with van der Waals surface area (Å²) in [5.74, 6) is 0.814. The van der Waals surface area contributed by atoms with Crippen LogP contribution in [0.2, 0.25) is 0 Å². The van der Waals surface area contributed by atoms with E-state index < -0.39 is 0 Å². The van der Waals surface area contributed by atoms with Crippen LogP contribution in [0.25, 0.3) is 0 Å². The molecule has 2 rings (SSSR count). The third kappa shape index (κ3) is 1.87. The Balaban J connectivity index is 2.06. The summed E-state index contributed by atoms with van der Waals surface area (Å²) in [6, 6.07) is 2.01. The number of hydrogen-bond donors (Lipinski definition) is 2. The Labute approximate surface area is 81.6 Å². The van der Waals surface area contributed by atoms with Crippen LogP contribution < -0.4 is 5.32 Å². The van der Waals surface area contributed by atoms with Gasteiger partial charge in [-0.1, -0.05) is 0 Å². The topological polar surface area (TPSA) is 66.5 Å². The zero-order valence-electron chi connectivity index (χ0n) is 7.81. The molecular weight excluding hydrogens is 178 g/mol. The van der Waals surface area contributed by atoms with Crippen molar-refractivity contribution in [3.05, 3.63) is 36.5 Å². The second-order valence-corrected chi connectivity index (χ2v) is 2.99. The maximum atomic E-state index is 4.08. The van der Waals surface area contributed by atoms with Gasteiger partial charge in [0.1, 0.15) is 12.1 Å². The summed E-state index contributed by atoms with van der Waals surface area (Å²) in [5.41, 5.74) is 1.10. The van der Waals surface area contributed by atoms with E-state index in [4.69, 9.17) is 0 Å². The van der Waals surface area contributed by atoms with Crippen molar-refractivity contribution >= 4 is 5.82 Å². The third-order valence-corrected chi connectivity index (χ3v) is 1.97. The number of aromatic nitrogens is 4. The first kappa shape index (κ1) is 8.68. The number of anilines is 1. The van der Waals surface area contributed by atoms with Crippen molar-refractivity contribution in [1.29, 1.82) is 0 Å². The van der Waals surface area contributed by atoms with Crippen LogP contribution in [-0.2, 0) is 0 Å². The van der Waals surface area contributed by atoms with Gasteiger partial charge < -0.3 is 5.32 Å². The Kier molecular flexibility index (Phi) is 2.40. The first-order valence-electron chi connectivity index (χ1n) is 4.37. The quantitative estimate of drug-likeness (QED) is 0.765. The molecule has 5 heteroatoms. The average Bonchev–Trinajstić information content (AvgIpc) is 2.72. The fourth-order valence-electron chi connectivity index (χ4n) is 1.18. The SMILES string of the molecule is CC(Nc1ccncn1)c1cn[nH]c1. The number of aromatic amines is 1. The molecule has 1 atom stereocenters. The zero-order chi connectivity index (χ0) is 9.80. The Morgan fingerprint density at radius 2 is 2.43 bits per heavy atom. The molecule has 0 saturated carbocycles. The standard InChI is InChI=1S/C9H11N5/c1-7(8-4-12-13-5-8)14-9-2-3-10-6-11-9/h2-7H,1H3,(H,12,13)(H,10,11,14). The third-order valence-electron chi connectivity index (χ3n) is 1.97. The van der Waals surface area contributed by atoms with E-state index in [1.807, 2.05) is 19.2 Å². The molecule has 2 heterocycles. The van der Waals surface area contributed by atoms with Gasteiger partial charge in [-0.05, 0) is 13.0 Å². The predicted molar refractivity (Wildman–Crippen MR) is 52.7 cm³/mol. The summed E-state index contributed by atoms with van der Waals surface area (Å²) in [5, 5.41) is 9.89. The molecule has 0 aliphatic rings. The van der Waals surface area contributed by atoms with E-state index >= 15 is 0 Å². The second-order valence-electron chi connectivity index (χ2n) is 2.99. The van der Waals surface area contributed by atoms with Crippen LogP contribution in [0.5, 0.6) is 0 Å². The molecule has 1 unspecified atom stereocenters. The van der Waals surface area contributed by atoms with Gasteiger partial charge in [0.25, 0.3) is 0 Å². The summed E-state index contributed by atoms with van der Waals surface area (Å²) >= 11 is 0. The summed E-state index contributed by atoms with van der Waals surface area (Å²) in [4.78, 5) is 7.92. The van der Waals surface area contributed by atoms with Crippen molar-refractivity contribution in [2.75, 3.05) is 5.32 Å². The van der Waals surface area contributed by atoms with E-state index in [1.54, 1.807) is 12.4 Å². The van der Waals surface area contributed by atoms with Crippen LogP contribution in [0.15, 0.2) is 31.0 Å². The molecule has 0 saturated heterocycles. The number of H-pyrrole nitrogens is 1. The van der Waals surface area contributed by atoms with Crippen LogP contribution in [0, 0.1) is 0 Å². The molecule has 0 fully saturated rings. The Hall–Kier alpha value is -1.91. The van der Waals surface area contributed by atoms with Crippen LogP contribution in [-0.4, -0.2) is 20.2 Å². The first-order valence-corrected chi connectivity index (χ1v) is 4.37. The monoisotopic (exact) mass is 189 g/mol. The van der Waals surface area contributed by atoms with Gasteiger partial charge in [-0.2, -0.15) is 5.10 Å². The van der Waals surface area contributed by atoms with Gasteiger partial charge in [-0.3, -0.25) is 5.10 Å². The van der Waals surface area contributed by atoms with Gasteiger partial charge in [0.2, 0.25) is 0 Å². The van der Waals surface area contributed by atoms with E-state index in [-0.39, 0.29) is 6.04 Å². The van der Waals surface area contributed by atoms with Gasteiger partial charge in [-0.25, -0.2) is 9.97 Å². The molecule has 2 aromatic heterocycles. The summed E-state index contributed by atoms with van der Waals surface area (Å²) < 4.78 is 0. The maximum absolute atomic E-state index is 4.08. The lowest BCUT2D eigenvalue weighted by Crippen LogP contribution is -2.06. The summed E-state index contributed by atoms with van der Waals surface area (Å²) in [7, 11) is 0. The molecule has 72 valence electrons.